The molecule has 1 aromatic carbocycles. The van der Waals surface area contributed by atoms with E-state index in [2.05, 4.69) is 26.2 Å². The van der Waals surface area contributed by atoms with Crippen molar-refractivity contribution in [3.8, 4) is 0 Å². The van der Waals surface area contributed by atoms with Crippen LogP contribution in [0.2, 0.25) is 0 Å². The number of nitrogens with one attached hydrogen (secondary N) is 1. The van der Waals surface area contributed by atoms with Gasteiger partial charge in [-0.05, 0) is 54.0 Å². The number of anilines is 1. The number of para-hydroxylation sites is 1. The lowest BCUT2D eigenvalue weighted by molar-refractivity contribution is 0.0698. The first-order valence-corrected chi connectivity index (χ1v) is 6.97. The number of aromatic carboxylic acids is 1. The summed E-state index contributed by atoms with van der Waals surface area (Å²) in [5.41, 5.74) is 2.07. The standard InChI is InChI=1S/C15H13BrN2O3/c1-8-6-7-10(9(2)17-8)14(19)18-13-11(15(20)21)4-3-5-12(13)16/h3-7H,1-2H3,(H,18,19)(H,20,21). The second-order valence-corrected chi connectivity index (χ2v) is 5.36. The third kappa shape index (κ3) is 3.28. The topological polar surface area (TPSA) is 79.3 Å². The fraction of sp³-hybridized carbons (Fsp3) is 0.133. The molecule has 1 amide bonds. The summed E-state index contributed by atoms with van der Waals surface area (Å²) in [6, 6.07) is 8.11. The van der Waals surface area contributed by atoms with E-state index >= 15 is 0 Å². The number of nitrogens with zero attached hydrogens (tertiary/aromatic N) is 1. The van der Waals surface area contributed by atoms with Gasteiger partial charge in [0, 0.05) is 10.2 Å². The summed E-state index contributed by atoms with van der Waals surface area (Å²) in [4.78, 5) is 27.8. The van der Waals surface area contributed by atoms with Crippen LogP contribution in [-0.2, 0) is 0 Å². The van der Waals surface area contributed by atoms with E-state index in [1.54, 1.807) is 31.2 Å². The van der Waals surface area contributed by atoms with E-state index in [-0.39, 0.29) is 11.3 Å². The largest absolute Gasteiger partial charge is 0.478 e. The Hall–Kier alpha value is -2.21. The number of aromatic nitrogens is 1. The second-order valence-electron chi connectivity index (χ2n) is 4.51. The number of benzene rings is 1. The molecule has 0 radical (unpaired) electrons. The average Bonchev–Trinajstić information content (AvgIpc) is 2.40. The SMILES string of the molecule is Cc1ccc(C(=O)Nc2c(Br)cccc2C(=O)O)c(C)n1. The number of hydrogen-bond donors (Lipinski definition) is 2. The average molecular weight is 349 g/mol. The molecular weight excluding hydrogens is 336 g/mol. The van der Waals surface area contributed by atoms with E-state index in [0.717, 1.165) is 5.69 Å². The van der Waals surface area contributed by atoms with Gasteiger partial charge in [-0.3, -0.25) is 9.78 Å². The number of carboxylic acid groups (broad SMARTS) is 1. The molecule has 0 saturated heterocycles. The Morgan fingerprint density at radius 2 is 1.86 bits per heavy atom. The molecular formula is C15H13BrN2O3. The van der Waals surface area contributed by atoms with Crippen molar-refractivity contribution in [1.82, 2.24) is 4.98 Å². The van der Waals surface area contributed by atoms with Crippen LogP contribution in [0, 0.1) is 13.8 Å². The first-order valence-electron chi connectivity index (χ1n) is 6.17. The van der Waals surface area contributed by atoms with Gasteiger partial charge in [-0.15, -0.1) is 0 Å². The monoisotopic (exact) mass is 348 g/mol. The van der Waals surface area contributed by atoms with Crippen molar-refractivity contribution in [2.75, 3.05) is 5.32 Å². The van der Waals surface area contributed by atoms with E-state index in [1.165, 1.54) is 6.07 Å². The maximum Gasteiger partial charge on any atom is 0.337 e. The molecule has 0 atom stereocenters. The summed E-state index contributed by atoms with van der Waals surface area (Å²) in [6.07, 6.45) is 0. The van der Waals surface area contributed by atoms with Gasteiger partial charge in [0.15, 0.2) is 0 Å². The number of hydrogen-bond acceptors (Lipinski definition) is 3. The molecule has 5 nitrogen and oxygen atoms in total. The molecule has 0 spiro atoms. The lowest BCUT2D eigenvalue weighted by Gasteiger charge is -2.11. The molecule has 1 heterocycles. The molecule has 2 rings (SSSR count). The van der Waals surface area contributed by atoms with Crippen LogP contribution < -0.4 is 5.32 Å². The number of pyridine rings is 1. The molecule has 0 aliphatic heterocycles. The zero-order valence-electron chi connectivity index (χ0n) is 11.5. The van der Waals surface area contributed by atoms with E-state index in [9.17, 15) is 14.7 Å². The molecule has 0 unspecified atom stereocenters. The van der Waals surface area contributed by atoms with Gasteiger partial charge in [0.1, 0.15) is 0 Å². The number of aryl methyl sites for hydroxylation is 2. The van der Waals surface area contributed by atoms with Gasteiger partial charge in [0.25, 0.3) is 5.91 Å². The van der Waals surface area contributed by atoms with Crippen molar-refractivity contribution in [1.29, 1.82) is 0 Å². The molecule has 21 heavy (non-hydrogen) atoms. The lowest BCUT2D eigenvalue weighted by atomic mass is 10.1. The van der Waals surface area contributed by atoms with Crippen LogP contribution in [0.3, 0.4) is 0 Å². The van der Waals surface area contributed by atoms with Gasteiger partial charge in [0.2, 0.25) is 0 Å². The summed E-state index contributed by atoms with van der Waals surface area (Å²) in [7, 11) is 0. The smallest absolute Gasteiger partial charge is 0.337 e. The van der Waals surface area contributed by atoms with Gasteiger partial charge in [-0.25, -0.2) is 4.79 Å². The minimum Gasteiger partial charge on any atom is -0.478 e. The van der Waals surface area contributed by atoms with Gasteiger partial charge < -0.3 is 10.4 Å². The van der Waals surface area contributed by atoms with Crippen molar-refractivity contribution in [2.24, 2.45) is 0 Å². The van der Waals surface area contributed by atoms with Crippen LogP contribution in [0.15, 0.2) is 34.8 Å². The molecule has 1 aromatic heterocycles. The minimum atomic E-state index is -1.11. The normalized spacial score (nSPS) is 10.2. The highest BCUT2D eigenvalue weighted by molar-refractivity contribution is 9.10. The summed E-state index contributed by atoms with van der Waals surface area (Å²) < 4.78 is 0.508. The van der Waals surface area contributed by atoms with E-state index < -0.39 is 11.9 Å². The Morgan fingerprint density at radius 1 is 1.14 bits per heavy atom. The Balaban J connectivity index is 2.38. The summed E-state index contributed by atoms with van der Waals surface area (Å²) >= 11 is 3.25. The Labute approximate surface area is 130 Å². The molecule has 0 aliphatic carbocycles. The van der Waals surface area contributed by atoms with Gasteiger partial charge in [-0.1, -0.05) is 6.07 Å². The minimum absolute atomic E-state index is 0.0236. The lowest BCUT2D eigenvalue weighted by Crippen LogP contribution is -2.17. The fourth-order valence-corrected chi connectivity index (χ4v) is 2.40. The summed E-state index contributed by atoms with van der Waals surface area (Å²) in [6.45, 7) is 3.57. The van der Waals surface area contributed by atoms with Crippen molar-refractivity contribution < 1.29 is 14.7 Å². The molecule has 2 aromatic rings. The third-order valence-electron chi connectivity index (χ3n) is 2.95. The van der Waals surface area contributed by atoms with Gasteiger partial charge in [0.05, 0.1) is 22.5 Å². The predicted octanol–water partition coefficient (Wildman–Crippen LogP) is 3.41. The highest BCUT2D eigenvalue weighted by Crippen LogP contribution is 2.27. The molecule has 0 bridgehead atoms. The first kappa shape index (κ1) is 15.2. The number of halogens is 1. The highest BCUT2D eigenvalue weighted by Gasteiger charge is 2.17. The number of carboxylic acids is 1. The molecule has 6 heteroatoms. The van der Waals surface area contributed by atoms with Crippen LogP contribution in [0.1, 0.15) is 32.1 Å². The fourth-order valence-electron chi connectivity index (χ4n) is 1.94. The van der Waals surface area contributed by atoms with Crippen LogP contribution in [0.25, 0.3) is 0 Å². The van der Waals surface area contributed by atoms with Crippen molar-refractivity contribution in [2.45, 2.75) is 13.8 Å². The van der Waals surface area contributed by atoms with Gasteiger partial charge in [-0.2, -0.15) is 0 Å². The maximum atomic E-state index is 12.3. The number of amides is 1. The number of carbonyl (C=O) groups excluding carboxylic acids is 1. The maximum absolute atomic E-state index is 12.3. The third-order valence-corrected chi connectivity index (χ3v) is 3.61. The van der Waals surface area contributed by atoms with Gasteiger partial charge >= 0.3 is 5.97 Å². The summed E-state index contributed by atoms with van der Waals surface area (Å²) in [5.74, 6) is -1.50. The van der Waals surface area contributed by atoms with Crippen LogP contribution in [-0.4, -0.2) is 22.0 Å². The number of carbonyl (C=O) groups is 2. The van der Waals surface area contributed by atoms with Crippen LogP contribution in [0.4, 0.5) is 5.69 Å². The second kappa shape index (κ2) is 6.05. The predicted molar refractivity (Wildman–Crippen MR) is 82.8 cm³/mol. The molecule has 0 saturated carbocycles. The van der Waals surface area contributed by atoms with Crippen molar-refractivity contribution in [3.05, 3.63) is 57.3 Å². The molecule has 108 valence electrons. The molecule has 0 aliphatic rings. The van der Waals surface area contributed by atoms with E-state index in [1.807, 2.05) is 6.92 Å². The van der Waals surface area contributed by atoms with E-state index in [4.69, 9.17) is 0 Å². The number of rotatable bonds is 3. The van der Waals surface area contributed by atoms with Crippen LogP contribution in [0.5, 0.6) is 0 Å². The quantitative estimate of drug-likeness (QED) is 0.890. The Kier molecular flexibility index (Phi) is 4.37. The Morgan fingerprint density at radius 3 is 2.48 bits per heavy atom. The Bertz CT molecular complexity index is 729. The molecule has 0 fully saturated rings. The van der Waals surface area contributed by atoms with Crippen LogP contribution >= 0.6 is 15.9 Å². The van der Waals surface area contributed by atoms with Crippen molar-refractivity contribution >= 4 is 33.5 Å². The van der Waals surface area contributed by atoms with E-state index in [0.29, 0.717) is 15.7 Å². The zero-order valence-corrected chi connectivity index (χ0v) is 13.1. The first-order chi connectivity index (χ1) is 9.90. The zero-order chi connectivity index (χ0) is 15.6. The van der Waals surface area contributed by atoms with Crippen molar-refractivity contribution in [3.63, 3.8) is 0 Å². The highest BCUT2D eigenvalue weighted by atomic mass is 79.9. The molecule has 2 N–H and O–H groups in total. The summed E-state index contributed by atoms with van der Waals surface area (Å²) in [5, 5.41) is 11.8.